The van der Waals surface area contributed by atoms with E-state index in [0.29, 0.717) is 25.7 Å². The van der Waals surface area contributed by atoms with Crippen LogP contribution in [0.5, 0.6) is 0 Å². The van der Waals surface area contributed by atoms with Crippen LogP contribution in [0.3, 0.4) is 0 Å². The van der Waals surface area contributed by atoms with E-state index in [1.807, 2.05) is 0 Å². The molecule has 0 aromatic rings. The average Bonchev–Trinajstić information content (AvgIpc) is 2.70. The minimum atomic E-state index is -0.0602. The molecule has 6 heteroatoms. The smallest absolute Gasteiger partial charge is 0.229 e. The number of carbonyl (C=O) groups excluding carboxylic acids is 4. The van der Waals surface area contributed by atoms with Gasteiger partial charge in [0.05, 0.1) is 0 Å². The molecule has 0 aliphatic carbocycles. The molecule has 17 heavy (non-hydrogen) atoms. The van der Waals surface area contributed by atoms with Gasteiger partial charge in [-0.25, -0.2) is 0 Å². The number of hydrogen-bond acceptors (Lipinski definition) is 4. The van der Waals surface area contributed by atoms with Crippen LogP contribution in [-0.2, 0) is 19.2 Å². The van der Waals surface area contributed by atoms with E-state index in [4.69, 9.17) is 0 Å². The van der Waals surface area contributed by atoms with Crippen LogP contribution in [0, 0.1) is 0 Å². The van der Waals surface area contributed by atoms with Crippen molar-refractivity contribution in [2.45, 2.75) is 33.1 Å². The van der Waals surface area contributed by atoms with E-state index in [9.17, 15) is 19.2 Å². The Hall–Kier alpha value is -1.72. The van der Waals surface area contributed by atoms with Gasteiger partial charge in [-0.1, -0.05) is 7.43 Å². The molecule has 0 spiro atoms. The lowest BCUT2D eigenvalue weighted by Crippen LogP contribution is -2.23. The number of hydrogen-bond donors (Lipinski definition) is 0. The molecule has 0 bridgehead atoms. The first-order chi connectivity index (χ1) is 7.43. The van der Waals surface area contributed by atoms with Crippen LogP contribution >= 0.6 is 0 Å². The molecule has 2 fully saturated rings. The maximum atomic E-state index is 10.5. The zero-order valence-corrected chi connectivity index (χ0v) is 9.36. The Bertz CT molecular complexity index is 285. The number of amides is 4. The van der Waals surface area contributed by atoms with Crippen molar-refractivity contribution in [2.24, 2.45) is 0 Å². The molecule has 2 aliphatic rings. The minimum Gasteiger partial charge on any atom is -0.286 e. The van der Waals surface area contributed by atoms with Gasteiger partial charge in [-0.15, -0.1) is 0 Å². The summed E-state index contributed by atoms with van der Waals surface area (Å²) in [6, 6.07) is 0. The highest BCUT2D eigenvalue weighted by atomic mass is 16.2. The van der Waals surface area contributed by atoms with Crippen molar-refractivity contribution >= 4 is 23.6 Å². The van der Waals surface area contributed by atoms with Crippen molar-refractivity contribution in [3.05, 3.63) is 0 Å². The topological polar surface area (TPSA) is 74.8 Å². The van der Waals surface area contributed by atoms with Gasteiger partial charge in [-0.05, 0) is 0 Å². The molecule has 0 N–H and O–H groups in total. The van der Waals surface area contributed by atoms with E-state index < -0.39 is 0 Å². The van der Waals surface area contributed by atoms with Gasteiger partial charge in [0.25, 0.3) is 0 Å². The Morgan fingerprint density at radius 2 is 0.824 bits per heavy atom. The molecule has 96 valence electrons. The molecule has 0 saturated carbocycles. The number of rotatable bonds is 0. The summed E-state index contributed by atoms with van der Waals surface area (Å²) in [6.07, 6.45) is 1.59. The summed E-state index contributed by atoms with van der Waals surface area (Å²) < 4.78 is 0. The fraction of sp³-hybridized carbons (Fsp3) is 0.636. The molecule has 6 nitrogen and oxygen atoms in total. The predicted molar refractivity (Wildman–Crippen MR) is 60.8 cm³/mol. The lowest BCUT2D eigenvalue weighted by molar-refractivity contribution is -0.138. The summed E-state index contributed by atoms with van der Waals surface area (Å²) in [7, 11) is 3.02. The number of carbonyl (C=O) groups is 4. The second-order valence-corrected chi connectivity index (χ2v) is 3.69. The predicted octanol–water partition coefficient (Wildman–Crippen LogP) is 0.167. The van der Waals surface area contributed by atoms with Gasteiger partial charge in [0, 0.05) is 39.8 Å². The molecular weight excluding hydrogens is 224 g/mol. The molecule has 0 aromatic carbocycles. The lowest BCUT2D eigenvalue weighted by atomic mass is 10.4. The van der Waals surface area contributed by atoms with E-state index in [-0.39, 0.29) is 31.1 Å². The average molecular weight is 242 g/mol. The highest BCUT2D eigenvalue weighted by Crippen LogP contribution is 2.07. The molecule has 2 heterocycles. The summed E-state index contributed by atoms with van der Waals surface area (Å²) in [4.78, 5) is 44.3. The summed E-state index contributed by atoms with van der Waals surface area (Å²) in [5.41, 5.74) is 0. The van der Waals surface area contributed by atoms with E-state index in [1.165, 1.54) is 23.9 Å². The normalized spacial score (nSPS) is 19.2. The zero-order chi connectivity index (χ0) is 12.3. The summed E-state index contributed by atoms with van der Waals surface area (Å²) in [5.74, 6) is -0.241. The van der Waals surface area contributed by atoms with Crippen molar-refractivity contribution in [1.29, 1.82) is 0 Å². The fourth-order valence-corrected chi connectivity index (χ4v) is 1.38. The zero-order valence-electron chi connectivity index (χ0n) is 9.36. The van der Waals surface area contributed by atoms with Gasteiger partial charge < -0.3 is 0 Å². The quantitative estimate of drug-likeness (QED) is 0.567. The third-order valence-corrected chi connectivity index (χ3v) is 2.60. The van der Waals surface area contributed by atoms with Crippen LogP contribution in [0.2, 0.25) is 0 Å². The van der Waals surface area contributed by atoms with E-state index in [2.05, 4.69) is 0 Å². The molecular formula is C11H18N2O4. The van der Waals surface area contributed by atoms with Crippen molar-refractivity contribution in [3.8, 4) is 0 Å². The van der Waals surface area contributed by atoms with Gasteiger partial charge in [0.15, 0.2) is 0 Å². The summed E-state index contributed by atoms with van der Waals surface area (Å²) in [6.45, 7) is 0. The molecule has 0 radical (unpaired) electrons. The maximum Gasteiger partial charge on any atom is 0.229 e. The molecule has 0 aromatic heterocycles. The van der Waals surface area contributed by atoms with Gasteiger partial charge in [-0.2, -0.15) is 0 Å². The third kappa shape index (κ3) is 3.65. The number of nitrogens with zero attached hydrogens (tertiary/aromatic N) is 2. The fourth-order valence-electron chi connectivity index (χ4n) is 1.38. The molecule has 0 unspecified atom stereocenters. The van der Waals surface area contributed by atoms with Crippen LogP contribution in [-0.4, -0.2) is 47.5 Å². The highest BCUT2D eigenvalue weighted by Gasteiger charge is 2.24. The van der Waals surface area contributed by atoms with Gasteiger partial charge in [0.1, 0.15) is 0 Å². The minimum absolute atomic E-state index is 0. The number of likely N-dealkylation sites (tertiary alicyclic amines) is 2. The van der Waals surface area contributed by atoms with Crippen molar-refractivity contribution in [1.82, 2.24) is 9.80 Å². The van der Waals surface area contributed by atoms with Crippen molar-refractivity contribution < 1.29 is 19.2 Å². The maximum absolute atomic E-state index is 10.5. The molecule has 2 aliphatic heterocycles. The first kappa shape index (κ1) is 15.3. The Morgan fingerprint density at radius 3 is 0.882 bits per heavy atom. The second-order valence-electron chi connectivity index (χ2n) is 3.69. The monoisotopic (exact) mass is 242 g/mol. The first-order valence-corrected chi connectivity index (χ1v) is 5.02. The highest BCUT2D eigenvalue weighted by molar-refractivity contribution is 6.02. The molecule has 4 amide bonds. The lowest BCUT2D eigenvalue weighted by Gasteiger charge is -2.01. The van der Waals surface area contributed by atoms with E-state index in [1.54, 1.807) is 0 Å². The Morgan fingerprint density at radius 1 is 0.647 bits per heavy atom. The second kappa shape index (κ2) is 6.12. The Kier molecular flexibility index (Phi) is 5.50. The first-order valence-electron chi connectivity index (χ1n) is 5.02. The van der Waals surface area contributed by atoms with Crippen molar-refractivity contribution in [2.75, 3.05) is 14.1 Å². The molecule has 2 rings (SSSR count). The van der Waals surface area contributed by atoms with Crippen LogP contribution in [0.4, 0.5) is 0 Å². The third-order valence-electron chi connectivity index (χ3n) is 2.60. The van der Waals surface area contributed by atoms with Crippen LogP contribution in [0.1, 0.15) is 33.1 Å². The Labute approximate surface area is 101 Å². The largest absolute Gasteiger partial charge is 0.286 e. The van der Waals surface area contributed by atoms with E-state index in [0.717, 1.165) is 0 Å². The van der Waals surface area contributed by atoms with Crippen LogP contribution < -0.4 is 0 Å². The summed E-state index contributed by atoms with van der Waals surface area (Å²) in [5, 5.41) is 0. The van der Waals surface area contributed by atoms with E-state index >= 15 is 0 Å². The van der Waals surface area contributed by atoms with Gasteiger partial charge >= 0.3 is 0 Å². The number of imide groups is 2. The molecule has 2 saturated heterocycles. The van der Waals surface area contributed by atoms with Crippen molar-refractivity contribution in [3.63, 3.8) is 0 Å². The molecule has 0 atom stereocenters. The summed E-state index contributed by atoms with van der Waals surface area (Å²) >= 11 is 0. The van der Waals surface area contributed by atoms with Gasteiger partial charge in [-0.3, -0.25) is 29.0 Å². The van der Waals surface area contributed by atoms with Gasteiger partial charge in [0.2, 0.25) is 23.6 Å². The standard InChI is InChI=1S/2C5H7NO2.CH4/c2*1-6-4(7)2-3-5(6)8;/h2*2-3H2,1H3;1H4. The Balaban J connectivity index is 0.000000284. The SMILES string of the molecule is C.CN1C(=O)CCC1=O.CN1C(=O)CCC1=O. The van der Waals surface area contributed by atoms with Crippen LogP contribution in [0.25, 0.3) is 0 Å². The van der Waals surface area contributed by atoms with Crippen LogP contribution in [0.15, 0.2) is 0 Å².